The van der Waals surface area contributed by atoms with Crippen molar-refractivity contribution < 1.29 is 32.2 Å². The summed E-state index contributed by atoms with van der Waals surface area (Å²) in [5.41, 5.74) is 1.28. The van der Waals surface area contributed by atoms with Gasteiger partial charge >= 0.3 is 6.09 Å². The van der Waals surface area contributed by atoms with Gasteiger partial charge < -0.3 is 28.9 Å². The first kappa shape index (κ1) is 36.1. The molecule has 51 heavy (non-hydrogen) atoms. The molecule has 276 valence electrons. The lowest BCUT2D eigenvalue weighted by molar-refractivity contribution is -0.139. The monoisotopic (exact) mass is 740 g/mol. The summed E-state index contributed by atoms with van der Waals surface area (Å²) in [6.07, 6.45) is 8.36. The molecule has 4 atom stereocenters. The van der Waals surface area contributed by atoms with Crippen molar-refractivity contribution in [2.45, 2.75) is 74.4 Å². The molecule has 1 N–H and O–H groups in total. The lowest BCUT2D eigenvalue weighted by Crippen LogP contribution is -2.50. The predicted molar refractivity (Wildman–Crippen MR) is 195 cm³/mol. The third-order valence-electron chi connectivity index (χ3n) is 11.5. The predicted octanol–water partition coefficient (Wildman–Crippen LogP) is 5.15. The minimum absolute atomic E-state index is 0.0298. The molecule has 2 aromatic carbocycles. The summed E-state index contributed by atoms with van der Waals surface area (Å²) in [4.78, 5) is 33.2. The van der Waals surface area contributed by atoms with Crippen molar-refractivity contribution in [1.82, 2.24) is 14.5 Å². The van der Waals surface area contributed by atoms with E-state index in [-0.39, 0.29) is 34.8 Å². The second-order valence-corrected chi connectivity index (χ2v) is 17.5. The zero-order valence-electron chi connectivity index (χ0n) is 29.7. The Bertz CT molecular complexity index is 1800. The maximum Gasteiger partial charge on any atom is 0.410 e. The molecule has 11 nitrogen and oxygen atoms in total. The molecule has 0 aromatic heterocycles. The first-order valence-electron chi connectivity index (χ1n) is 18.2. The lowest BCUT2D eigenvalue weighted by Gasteiger charge is -2.46. The Hall–Kier alpha value is -3.32. The van der Waals surface area contributed by atoms with Crippen LogP contribution in [0.2, 0.25) is 5.02 Å². The number of hydrogen-bond donors (Lipinski definition) is 1. The molecule has 13 heteroatoms. The van der Waals surface area contributed by atoms with Crippen LogP contribution in [0.4, 0.5) is 10.5 Å². The van der Waals surface area contributed by atoms with Crippen LogP contribution in [-0.2, 0) is 36.1 Å². The minimum atomic E-state index is -4.24. The van der Waals surface area contributed by atoms with E-state index < -0.39 is 27.6 Å². The number of likely N-dealkylation sites (N-methyl/N-ethyl adjacent to an activating group) is 1. The summed E-state index contributed by atoms with van der Waals surface area (Å²) in [5.74, 6) is 0.00441. The highest BCUT2D eigenvalue weighted by Gasteiger charge is 2.45. The molecular weight excluding hydrogens is 692 g/mol. The quantitative estimate of drug-likeness (QED) is 0.396. The van der Waals surface area contributed by atoms with Crippen molar-refractivity contribution in [1.29, 1.82) is 0 Å². The van der Waals surface area contributed by atoms with Gasteiger partial charge in [0.1, 0.15) is 17.5 Å². The summed E-state index contributed by atoms with van der Waals surface area (Å²) in [5, 5.41) is 0.706. The third-order valence-corrected chi connectivity index (χ3v) is 13.1. The minimum Gasteiger partial charge on any atom is -0.490 e. The Morgan fingerprint density at radius 1 is 1.06 bits per heavy atom. The third kappa shape index (κ3) is 7.47. The van der Waals surface area contributed by atoms with Gasteiger partial charge in [0.05, 0.1) is 23.8 Å². The Labute approximate surface area is 306 Å². The number of anilines is 1. The van der Waals surface area contributed by atoms with E-state index in [0.717, 1.165) is 51.6 Å². The lowest BCUT2D eigenvalue weighted by atomic mass is 9.68. The molecule has 3 heterocycles. The van der Waals surface area contributed by atoms with Gasteiger partial charge in [-0.2, -0.15) is 0 Å². The standard InChI is InChI=1S/C38H49ClN4O7S/c1-37(2)35(44)40-51(46,47)29-11-14-34-32(22-29)43(24-38(25-48-34)15-4-7-26-21-28(39)10-13-31(26)38)23-27-9-12-30(27)33(8-5-20-49-37)50-36(45)42-17-6-16-41(3)18-19-42/h5,8,10-11,13-14,21-22,27,30,33H,4,6-7,9,12,15-20,23-25H2,1-3H3,(H,40,44)/b8-5+/t27-,30+,33-,38-/m0/s1. The molecule has 1 spiro atoms. The van der Waals surface area contributed by atoms with Crippen LogP contribution >= 0.6 is 11.6 Å². The van der Waals surface area contributed by atoms with Gasteiger partial charge in [-0.25, -0.2) is 17.9 Å². The molecule has 2 amide bonds. The molecule has 3 aliphatic heterocycles. The van der Waals surface area contributed by atoms with E-state index in [0.29, 0.717) is 49.2 Å². The Kier molecular flexibility index (Phi) is 10.1. The summed E-state index contributed by atoms with van der Waals surface area (Å²) < 4.78 is 48.4. The maximum atomic E-state index is 13.7. The molecule has 2 aliphatic carbocycles. The van der Waals surface area contributed by atoms with Gasteiger partial charge in [-0.15, -0.1) is 0 Å². The van der Waals surface area contributed by atoms with Crippen LogP contribution in [0.1, 0.15) is 57.1 Å². The zero-order chi connectivity index (χ0) is 36.0. The Morgan fingerprint density at radius 2 is 1.90 bits per heavy atom. The van der Waals surface area contributed by atoms with E-state index in [2.05, 4.69) is 33.7 Å². The number of aryl methyl sites for hydroxylation is 1. The van der Waals surface area contributed by atoms with Crippen LogP contribution in [0.3, 0.4) is 0 Å². The fraction of sp³-hybridized carbons (Fsp3) is 0.579. The van der Waals surface area contributed by atoms with Gasteiger partial charge in [-0.1, -0.05) is 23.7 Å². The first-order valence-corrected chi connectivity index (χ1v) is 20.0. The van der Waals surface area contributed by atoms with Crippen LogP contribution in [0.15, 0.2) is 53.4 Å². The smallest absolute Gasteiger partial charge is 0.410 e. The van der Waals surface area contributed by atoms with E-state index >= 15 is 0 Å². The van der Waals surface area contributed by atoms with Gasteiger partial charge in [0.25, 0.3) is 15.9 Å². The fourth-order valence-electron chi connectivity index (χ4n) is 8.30. The maximum absolute atomic E-state index is 13.7. The molecule has 0 radical (unpaired) electrons. The van der Waals surface area contributed by atoms with Gasteiger partial charge in [0, 0.05) is 49.1 Å². The highest BCUT2D eigenvalue weighted by Crippen LogP contribution is 2.47. The zero-order valence-corrected chi connectivity index (χ0v) is 31.3. The van der Waals surface area contributed by atoms with Crippen LogP contribution in [0.25, 0.3) is 0 Å². The van der Waals surface area contributed by atoms with E-state index in [4.69, 9.17) is 25.8 Å². The number of hydrogen-bond acceptors (Lipinski definition) is 9. The van der Waals surface area contributed by atoms with Gasteiger partial charge in [0.15, 0.2) is 0 Å². The molecule has 2 aromatic rings. The second-order valence-electron chi connectivity index (χ2n) is 15.4. The van der Waals surface area contributed by atoms with Crippen LogP contribution in [0, 0.1) is 11.8 Å². The van der Waals surface area contributed by atoms with E-state index in [1.807, 2.05) is 12.1 Å². The topological polar surface area (TPSA) is 118 Å². The van der Waals surface area contributed by atoms with Crippen LogP contribution < -0.4 is 14.4 Å². The average molecular weight is 741 g/mol. The van der Waals surface area contributed by atoms with Gasteiger partial charge in [0.2, 0.25) is 0 Å². The number of halogens is 1. The molecule has 0 unspecified atom stereocenters. The number of rotatable bonds is 1. The molecule has 2 fully saturated rings. The summed E-state index contributed by atoms with van der Waals surface area (Å²) in [6.45, 7) is 7.73. The number of nitrogens with zero attached hydrogens (tertiary/aromatic N) is 3. The van der Waals surface area contributed by atoms with Crippen molar-refractivity contribution >= 4 is 39.3 Å². The highest BCUT2D eigenvalue weighted by atomic mass is 35.5. The Balaban J connectivity index is 1.26. The van der Waals surface area contributed by atoms with E-state index in [1.54, 1.807) is 23.1 Å². The van der Waals surface area contributed by atoms with E-state index in [1.165, 1.54) is 31.0 Å². The summed E-state index contributed by atoms with van der Waals surface area (Å²) in [7, 11) is -2.17. The van der Waals surface area contributed by atoms with Crippen LogP contribution in [0.5, 0.6) is 5.75 Å². The number of carbonyl (C=O) groups is 2. The number of carbonyl (C=O) groups excluding carboxylic acids is 2. The summed E-state index contributed by atoms with van der Waals surface area (Å²) >= 11 is 6.45. The van der Waals surface area contributed by atoms with Crippen molar-refractivity contribution in [3.05, 3.63) is 64.7 Å². The normalized spacial score (nSPS) is 30.0. The number of sulfonamides is 1. The highest BCUT2D eigenvalue weighted by molar-refractivity contribution is 7.90. The van der Waals surface area contributed by atoms with Gasteiger partial charge in [-0.3, -0.25) is 4.79 Å². The summed E-state index contributed by atoms with van der Waals surface area (Å²) in [6, 6.07) is 10.9. The second kappa shape index (κ2) is 14.2. The molecule has 2 bridgehead atoms. The van der Waals surface area contributed by atoms with Crippen molar-refractivity contribution in [3.8, 4) is 5.75 Å². The van der Waals surface area contributed by atoms with Gasteiger partial charge in [-0.05, 0) is 119 Å². The van der Waals surface area contributed by atoms with Crippen molar-refractivity contribution in [2.24, 2.45) is 11.8 Å². The number of fused-ring (bicyclic) bond motifs is 4. The molecule has 1 saturated heterocycles. The Morgan fingerprint density at radius 3 is 2.71 bits per heavy atom. The SMILES string of the molecule is CN1CCCN(C(=O)O[C@H]2/C=C/COC(C)(C)C(=O)NS(=O)(=O)c3ccc4c(c3)N(C[C@@H]3CC[C@H]32)C[C@@]2(CCCc3cc(Cl)ccc32)CO4)CC1. The number of nitrogens with one attached hydrogen (secondary N) is 1. The molecule has 5 aliphatic rings. The van der Waals surface area contributed by atoms with Crippen molar-refractivity contribution in [3.63, 3.8) is 0 Å². The number of ether oxygens (including phenoxy) is 3. The van der Waals surface area contributed by atoms with E-state index in [9.17, 15) is 18.0 Å². The fourth-order valence-corrected chi connectivity index (χ4v) is 9.62. The molecule has 1 saturated carbocycles. The first-order chi connectivity index (χ1) is 24.3. The number of amides is 2. The molecular formula is C38H49ClN4O7S. The molecule has 7 rings (SSSR count). The average Bonchev–Trinajstić information content (AvgIpc) is 3.38. The van der Waals surface area contributed by atoms with Crippen LogP contribution in [-0.4, -0.2) is 101 Å². The number of benzene rings is 2. The van der Waals surface area contributed by atoms with Crippen molar-refractivity contribution in [2.75, 3.05) is 64.4 Å². The largest absolute Gasteiger partial charge is 0.490 e.